The molecule has 1 aromatic rings. The lowest BCUT2D eigenvalue weighted by Crippen LogP contribution is -2.34. The third kappa shape index (κ3) is 2.41. The summed E-state index contributed by atoms with van der Waals surface area (Å²) in [4.78, 5) is 11.0. The van der Waals surface area contributed by atoms with Gasteiger partial charge in [0.1, 0.15) is 11.6 Å². The average molecular weight is 288 g/mol. The summed E-state index contributed by atoms with van der Waals surface area (Å²) >= 11 is 0. The van der Waals surface area contributed by atoms with Crippen LogP contribution in [0.2, 0.25) is 0 Å². The SMILES string of the molecule is Nc1nc(NC23CCC(CC2)C3)cc(N2CC[C@H](N)C2)n1. The second-order valence-corrected chi connectivity index (χ2v) is 7.02. The quantitative estimate of drug-likeness (QED) is 0.777. The van der Waals surface area contributed by atoms with Gasteiger partial charge in [0.15, 0.2) is 0 Å². The molecule has 5 N–H and O–H groups in total. The molecular weight excluding hydrogens is 264 g/mol. The molecule has 0 aromatic carbocycles. The summed E-state index contributed by atoms with van der Waals surface area (Å²) in [7, 11) is 0. The van der Waals surface area contributed by atoms with Crippen molar-refractivity contribution in [3.05, 3.63) is 6.07 Å². The Labute approximate surface area is 125 Å². The van der Waals surface area contributed by atoms with Crippen LogP contribution in [0.25, 0.3) is 0 Å². The van der Waals surface area contributed by atoms with Crippen LogP contribution in [0.3, 0.4) is 0 Å². The summed E-state index contributed by atoms with van der Waals surface area (Å²) in [6.45, 7) is 1.80. The summed E-state index contributed by atoms with van der Waals surface area (Å²) in [5, 5.41) is 3.67. The van der Waals surface area contributed by atoms with Gasteiger partial charge in [0.05, 0.1) is 0 Å². The van der Waals surface area contributed by atoms with E-state index in [1.807, 2.05) is 6.07 Å². The Morgan fingerprint density at radius 1 is 1.24 bits per heavy atom. The summed E-state index contributed by atoms with van der Waals surface area (Å²) in [5.41, 5.74) is 12.2. The fourth-order valence-corrected chi connectivity index (χ4v) is 4.31. The first kappa shape index (κ1) is 13.1. The fourth-order valence-electron chi connectivity index (χ4n) is 4.31. The van der Waals surface area contributed by atoms with E-state index in [0.717, 1.165) is 37.1 Å². The van der Waals surface area contributed by atoms with Crippen LogP contribution in [0, 0.1) is 5.92 Å². The van der Waals surface area contributed by atoms with E-state index in [4.69, 9.17) is 11.5 Å². The van der Waals surface area contributed by atoms with Gasteiger partial charge >= 0.3 is 0 Å². The van der Waals surface area contributed by atoms with Crippen LogP contribution < -0.4 is 21.7 Å². The van der Waals surface area contributed by atoms with Crippen LogP contribution in [-0.2, 0) is 0 Å². The zero-order valence-corrected chi connectivity index (χ0v) is 12.4. The van der Waals surface area contributed by atoms with Crippen LogP contribution >= 0.6 is 0 Å². The van der Waals surface area contributed by atoms with Gasteiger partial charge < -0.3 is 21.7 Å². The summed E-state index contributed by atoms with van der Waals surface area (Å²) in [6.07, 6.45) is 7.50. The molecule has 0 radical (unpaired) electrons. The lowest BCUT2D eigenvalue weighted by molar-refractivity contribution is 0.446. The number of hydrogen-bond donors (Lipinski definition) is 3. The number of rotatable bonds is 3. The Morgan fingerprint density at radius 2 is 2.05 bits per heavy atom. The normalized spacial score (nSPS) is 34.6. The maximum atomic E-state index is 5.99. The van der Waals surface area contributed by atoms with E-state index in [-0.39, 0.29) is 11.6 Å². The smallest absolute Gasteiger partial charge is 0.223 e. The van der Waals surface area contributed by atoms with Gasteiger partial charge in [-0.25, -0.2) is 0 Å². The first-order valence-electron chi connectivity index (χ1n) is 8.05. The number of aromatic nitrogens is 2. The van der Waals surface area contributed by atoms with Crippen LogP contribution in [-0.4, -0.2) is 34.6 Å². The second kappa shape index (κ2) is 4.73. The monoisotopic (exact) mass is 288 g/mol. The molecule has 0 spiro atoms. The first-order chi connectivity index (χ1) is 10.1. The molecule has 114 valence electrons. The van der Waals surface area contributed by atoms with Crippen molar-refractivity contribution in [1.29, 1.82) is 0 Å². The number of nitrogens with zero attached hydrogens (tertiary/aromatic N) is 3. The third-order valence-corrected chi connectivity index (χ3v) is 5.41. The van der Waals surface area contributed by atoms with E-state index in [0.29, 0.717) is 5.95 Å². The topological polar surface area (TPSA) is 93.1 Å². The van der Waals surface area contributed by atoms with Crippen LogP contribution in [0.1, 0.15) is 38.5 Å². The molecule has 0 amide bonds. The van der Waals surface area contributed by atoms with Gasteiger partial charge in [-0.05, 0) is 44.4 Å². The second-order valence-electron chi connectivity index (χ2n) is 7.02. The molecule has 6 nitrogen and oxygen atoms in total. The third-order valence-electron chi connectivity index (χ3n) is 5.41. The zero-order valence-electron chi connectivity index (χ0n) is 12.4. The Balaban J connectivity index is 1.56. The lowest BCUT2D eigenvalue weighted by atomic mass is 9.94. The number of hydrogen-bond acceptors (Lipinski definition) is 6. The molecule has 1 aliphatic heterocycles. The molecule has 0 unspecified atom stereocenters. The van der Waals surface area contributed by atoms with Gasteiger partial charge in [0, 0.05) is 30.7 Å². The minimum Gasteiger partial charge on any atom is -0.368 e. The van der Waals surface area contributed by atoms with Gasteiger partial charge in [0.2, 0.25) is 5.95 Å². The van der Waals surface area contributed by atoms with E-state index in [1.54, 1.807) is 0 Å². The molecule has 1 atom stereocenters. The molecule has 1 saturated heterocycles. The molecule has 2 saturated carbocycles. The predicted molar refractivity (Wildman–Crippen MR) is 84.2 cm³/mol. The molecule has 6 heteroatoms. The van der Waals surface area contributed by atoms with Crippen LogP contribution in [0.5, 0.6) is 0 Å². The van der Waals surface area contributed by atoms with Crippen molar-refractivity contribution < 1.29 is 0 Å². The van der Waals surface area contributed by atoms with Gasteiger partial charge in [-0.1, -0.05) is 0 Å². The van der Waals surface area contributed by atoms with Crippen molar-refractivity contribution in [1.82, 2.24) is 9.97 Å². The number of nitrogen functional groups attached to an aromatic ring is 1. The van der Waals surface area contributed by atoms with Gasteiger partial charge in [-0.2, -0.15) is 9.97 Å². The zero-order chi connectivity index (χ0) is 14.4. The van der Waals surface area contributed by atoms with Gasteiger partial charge in [-0.15, -0.1) is 0 Å². The fraction of sp³-hybridized carbons (Fsp3) is 0.733. The Bertz CT molecular complexity index is 537. The Kier molecular flexibility index (Phi) is 2.96. The van der Waals surface area contributed by atoms with Crippen molar-refractivity contribution >= 4 is 17.6 Å². The summed E-state index contributed by atoms with van der Waals surface area (Å²) in [6, 6.07) is 2.27. The van der Waals surface area contributed by atoms with Crippen molar-refractivity contribution in [3.8, 4) is 0 Å². The minimum atomic E-state index is 0.238. The molecule has 3 aliphatic rings. The molecule has 1 aromatic heterocycles. The van der Waals surface area contributed by atoms with Crippen molar-refractivity contribution in [2.45, 2.75) is 50.1 Å². The van der Waals surface area contributed by atoms with E-state index in [1.165, 1.54) is 32.1 Å². The molecule has 2 bridgehead atoms. The summed E-state index contributed by atoms with van der Waals surface area (Å²) < 4.78 is 0. The summed E-state index contributed by atoms with van der Waals surface area (Å²) in [5.74, 6) is 3.04. The number of fused-ring (bicyclic) bond motifs is 2. The van der Waals surface area contributed by atoms with E-state index < -0.39 is 0 Å². The molecule has 2 aliphatic carbocycles. The first-order valence-corrected chi connectivity index (χ1v) is 8.05. The highest BCUT2D eigenvalue weighted by atomic mass is 15.2. The van der Waals surface area contributed by atoms with Crippen molar-refractivity contribution in [2.75, 3.05) is 29.0 Å². The van der Waals surface area contributed by atoms with Gasteiger partial charge in [-0.3, -0.25) is 0 Å². The maximum Gasteiger partial charge on any atom is 0.223 e. The number of nitrogens with one attached hydrogen (secondary N) is 1. The molecule has 4 rings (SSSR count). The van der Waals surface area contributed by atoms with Crippen LogP contribution in [0.4, 0.5) is 17.6 Å². The highest BCUT2D eigenvalue weighted by molar-refractivity contribution is 5.54. The number of nitrogens with two attached hydrogens (primary N) is 2. The largest absolute Gasteiger partial charge is 0.368 e. The lowest BCUT2D eigenvalue weighted by Gasteiger charge is -2.29. The minimum absolute atomic E-state index is 0.238. The average Bonchev–Trinajstić information content (AvgIpc) is 3.13. The van der Waals surface area contributed by atoms with E-state index >= 15 is 0 Å². The maximum absolute atomic E-state index is 5.99. The molecule has 21 heavy (non-hydrogen) atoms. The molecule has 2 heterocycles. The Hall–Kier alpha value is -1.56. The standard InChI is InChI=1S/C15H24N6/c16-11-3-6-21(9-11)13-7-12(18-14(17)19-13)20-15-4-1-10(8-15)2-5-15/h7,10-11H,1-6,8-9,16H2,(H3,17,18,19,20)/t10?,11-,15?/m0/s1. The molecular formula is C15H24N6. The van der Waals surface area contributed by atoms with Crippen molar-refractivity contribution in [3.63, 3.8) is 0 Å². The van der Waals surface area contributed by atoms with Crippen molar-refractivity contribution in [2.24, 2.45) is 11.7 Å². The van der Waals surface area contributed by atoms with E-state index in [2.05, 4.69) is 20.2 Å². The Morgan fingerprint density at radius 3 is 2.67 bits per heavy atom. The predicted octanol–water partition coefficient (Wildman–Crippen LogP) is 1.34. The van der Waals surface area contributed by atoms with E-state index in [9.17, 15) is 0 Å². The molecule has 3 fully saturated rings. The van der Waals surface area contributed by atoms with Gasteiger partial charge in [0.25, 0.3) is 0 Å². The van der Waals surface area contributed by atoms with Crippen LogP contribution in [0.15, 0.2) is 6.07 Å². The highest BCUT2D eigenvalue weighted by Crippen LogP contribution is 2.49. The highest BCUT2D eigenvalue weighted by Gasteiger charge is 2.45. The number of anilines is 3.